The first-order chi connectivity index (χ1) is 30.3. The third-order valence-electron chi connectivity index (χ3n) is 9.51. The van der Waals surface area contributed by atoms with Gasteiger partial charge in [0.25, 0.3) is 0 Å². The Labute approximate surface area is 366 Å². The van der Waals surface area contributed by atoms with E-state index in [-0.39, 0.29) is 5.60 Å². The minimum Gasteiger partial charge on any atom is -0.266 e. The van der Waals surface area contributed by atoms with Crippen molar-refractivity contribution >= 4 is 28.0 Å². The molecular weight excluding hydrogens is 989 g/mol. The van der Waals surface area contributed by atoms with Gasteiger partial charge in [-0.25, -0.2) is 0 Å². The van der Waals surface area contributed by atoms with E-state index in [0.717, 1.165) is 0 Å². The summed E-state index contributed by atoms with van der Waals surface area (Å²) in [4.78, 5) is 5.52. The molecule has 372 valence electrons. The molecule has 0 atom stereocenters. The molecule has 0 bridgehead atoms. The number of aromatic nitrogens is 1. The lowest BCUT2D eigenvalue weighted by Crippen LogP contribution is -2.75. The lowest BCUT2D eigenvalue weighted by atomic mass is 9.12. The first-order valence-electron chi connectivity index (χ1n) is 18.4. The van der Waals surface area contributed by atoms with Crippen molar-refractivity contribution in [2.75, 3.05) is 0 Å². The van der Waals surface area contributed by atoms with Crippen molar-refractivity contribution in [1.82, 2.24) is 0 Å². The SMILES string of the molecule is CC(C)(C)O[n+]1ccccc1.FC(F)(F)c1cc([B-](c2cc(C(F)(F)F)cc(C(F)(F)F)c2)(c2cc(C(F)(F)F)cc(C(F)(F)F)c2)c2cc(C(F)(F)F)cc(C(F)(F)F)c2)cc(C(F)(F)F)c1. The molecule has 0 unspecified atom stereocenters. The first-order valence-corrected chi connectivity index (χ1v) is 18.4. The van der Waals surface area contributed by atoms with Crippen LogP contribution in [0.2, 0.25) is 0 Å². The van der Waals surface area contributed by atoms with Gasteiger partial charge in [-0.15, -0.1) is 0 Å². The first kappa shape index (κ1) is 54.8. The van der Waals surface area contributed by atoms with Gasteiger partial charge in [-0.05, 0) is 45.0 Å². The highest BCUT2D eigenvalue weighted by atomic mass is 19.4. The third kappa shape index (κ3) is 13.0. The molecule has 0 aliphatic carbocycles. The third-order valence-corrected chi connectivity index (χ3v) is 9.51. The van der Waals surface area contributed by atoms with Gasteiger partial charge in [0, 0.05) is 16.9 Å². The Morgan fingerprint density at radius 1 is 0.294 bits per heavy atom. The van der Waals surface area contributed by atoms with E-state index in [1.165, 1.54) is 0 Å². The lowest BCUT2D eigenvalue weighted by molar-refractivity contribution is -0.905. The van der Waals surface area contributed by atoms with Crippen molar-refractivity contribution in [3.8, 4) is 0 Å². The van der Waals surface area contributed by atoms with Gasteiger partial charge >= 0.3 is 49.4 Å². The van der Waals surface area contributed by atoms with Crippen LogP contribution in [0.3, 0.4) is 0 Å². The summed E-state index contributed by atoms with van der Waals surface area (Å²) in [6, 6.07) is -2.98. The van der Waals surface area contributed by atoms with E-state index in [0.29, 0.717) is 0 Å². The molecule has 0 saturated heterocycles. The summed E-state index contributed by atoms with van der Waals surface area (Å²) in [6.45, 7) is 6.06. The molecule has 68 heavy (non-hydrogen) atoms. The zero-order chi connectivity index (χ0) is 52.2. The molecule has 0 N–H and O–H groups in total. The summed E-state index contributed by atoms with van der Waals surface area (Å²) in [5.41, 5.74) is -30.3. The molecule has 0 radical (unpaired) electrons. The van der Waals surface area contributed by atoms with Crippen molar-refractivity contribution in [1.29, 1.82) is 0 Å². The summed E-state index contributed by atoms with van der Waals surface area (Å²) in [5, 5.41) is 0. The molecular formula is C41H26BF24NO. The van der Waals surface area contributed by atoms with Gasteiger partial charge in [-0.2, -0.15) is 127 Å². The standard InChI is InChI=1S/C32H12BF24.C9H14NO/c34-25(35,36)13-1-14(26(37,38)39)6-21(5-13)33(22-7-15(27(40,41)42)2-16(8-22)28(43,44)45,23-9-17(29(46,47)48)3-18(10-23)30(49,50)51)24-11-19(31(52,53)54)4-20(12-24)32(55,56)57;1-9(2,3)11-10-7-5-4-6-8-10/h1-12H;4-8H,1-3H3/q-1;+1. The molecule has 0 aliphatic heterocycles. The minimum absolute atomic E-state index is 0.133. The van der Waals surface area contributed by atoms with Crippen LogP contribution < -0.4 is 31.4 Å². The summed E-state index contributed by atoms with van der Waals surface area (Å²) in [5.74, 6) is 0. The number of alkyl halides is 24. The van der Waals surface area contributed by atoms with Crippen LogP contribution in [0.4, 0.5) is 105 Å². The van der Waals surface area contributed by atoms with Crippen LogP contribution in [-0.4, -0.2) is 11.7 Å². The van der Waals surface area contributed by atoms with E-state index >= 15 is 0 Å². The number of benzene rings is 4. The second-order valence-corrected chi connectivity index (χ2v) is 15.7. The fourth-order valence-corrected chi connectivity index (χ4v) is 6.83. The van der Waals surface area contributed by atoms with Gasteiger partial charge in [0.2, 0.25) is 12.4 Å². The second-order valence-electron chi connectivity index (χ2n) is 15.7. The van der Waals surface area contributed by atoms with Crippen LogP contribution in [0.15, 0.2) is 103 Å². The van der Waals surface area contributed by atoms with Crippen molar-refractivity contribution in [2.24, 2.45) is 0 Å². The predicted octanol–water partition coefficient (Wildman–Crippen LogP) is 12.4. The smallest absolute Gasteiger partial charge is 0.266 e. The molecule has 27 heteroatoms. The Kier molecular flexibility index (Phi) is 14.5. The van der Waals surface area contributed by atoms with Gasteiger partial charge in [0.05, 0.1) is 44.5 Å². The topological polar surface area (TPSA) is 13.1 Å². The Hall–Kier alpha value is -5.79. The Morgan fingerprint density at radius 2 is 0.471 bits per heavy atom. The van der Waals surface area contributed by atoms with Crippen LogP contribution >= 0.6 is 0 Å². The average molecular weight is 1020 g/mol. The van der Waals surface area contributed by atoms with E-state index in [1.807, 2.05) is 51.4 Å². The Balaban J connectivity index is 0.000000802. The number of rotatable bonds is 5. The second kappa shape index (κ2) is 17.9. The van der Waals surface area contributed by atoms with E-state index in [2.05, 4.69) is 0 Å². The highest BCUT2D eigenvalue weighted by Gasteiger charge is 2.47. The monoisotopic (exact) mass is 1020 g/mol. The van der Waals surface area contributed by atoms with Gasteiger partial charge in [-0.1, -0.05) is 54.6 Å². The average Bonchev–Trinajstić information content (AvgIpc) is 3.15. The van der Waals surface area contributed by atoms with Gasteiger partial charge in [0.1, 0.15) is 6.15 Å². The maximum absolute atomic E-state index is 14.2. The number of nitrogens with zero attached hydrogens (tertiary/aromatic N) is 1. The maximum atomic E-state index is 14.2. The molecule has 0 amide bonds. The van der Waals surface area contributed by atoms with E-state index < -0.39 is 195 Å². The van der Waals surface area contributed by atoms with Crippen LogP contribution in [0.5, 0.6) is 0 Å². The van der Waals surface area contributed by atoms with Gasteiger partial charge in [-0.3, -0.25) is 4.84 Å². The summed E-state index contributed by atoms with van der Waals surface area (Å²) in [7, 11) is 0. The molecule has 0 saturated carbocycles. The van der Waals surface area contributed by atoms with Crippen molar-refractivity contribution in [3.05, 3.63) is 148 Å². The molecule has 1 heterocycles. The normalized spacial score (nSPS) is 13.8. The zero-order valence-electron chi connectivity index (χ0n) is 33.8. The van der Waals surface area contributed by atoms with Gasteiger partial charge in [0.15, 0.2) is 5.60 Å². The number of hydrogen-bond donors (Lipinski definition) is 0. The fraction of sp³-hybridized carbons (Fsp3) is 0.293. The highest BCUT2D eigenvalue weighted by molar-refractivity contribution is 7.20. The highest BCUT2D eigenvalue weighted by Crippen LogP contribution is 2.41. The maximum Gasteiger partial charge on any atom is 0.416 e. The van der Waals surface area contributed by atoms with Crippen molar-refractivity contribution in [3.63, 3.8) is 0 Å². The molecule has 5 aromatic rings. The fourth-order valence-electron chi connectivity index (χ4n) is 6.83. The van der Waals surface area contributed by atoms with Crippen molar-refractivity contribution < 1.29 is 115 Å². The van der Waals surface area contributed by atoms with Crippen LogP contribution in [0.25, 0.3) is 0 Å². The van der Waals surface area contributed by atoms with Crippen LogP contribution in [0.1, 0.15) is 65.3 Å². The number of pyridine rings is 1. The molecule has 0 spiro atoms. The summed E-state index contributed by atoms with van der Waals surface area (Å²) in [6.07, 6.45) is -51.0. The zero-order valence-corrected chi connectivity index (χ0v) is 33.8. The molecule has 4 aromatic carbocycles. The van der Waals surface area contributed by atoms with Gasteiger partial charge < -0.3 is 0 Å². The molecule has 2 nitrogen and oxygen atoms in total. The molecule has 1 aromatic heterocycles. The summed E-state index contributed by atoms with van der Waals surface area (Å²) < 4.78 is 343. The Morgan fingerprint density at radius 3 is 0.618 bits per heavy atom. The lowest BCUT2D eigenvalue weighted by Gasteiger charge is -2.46. The molecule has 5 rings (SSSR count). The number of hydrogen-bond acceptors (Lipinski definition) is 1. The molecule has 0 fully saturated rings. The Bertz CT molecular complexity index is 2130. The quantitative estimate of drug-likeness (QED) is 0.0971. The molecule has 0 aliphatic rings. The minimum atomic E-state index is -6.13. The number of halogens is 24. The summed E-state index contributed by atoms with van der Waals surface area (Å²) >= 11 is 0. The van der Waals surface area contributed by atoms with Crippen LogP contribution in [-0.2, 0) is 49.4 Å². The van der Waals surface area contributed by atoms with E-state index in [1.54, 1.807) is 4.73 Å². The van der Waals surface area contributed by atoms with Crippen molar-refractivity contribution in [2.45, 2.75) is 75.8 Å². The van der Waals surface area contributed by atoms with E-state index in [9.17, 15) is 105 Å². The predicted molar refractivity (Wildman–Crippen MR) is 193 cm³/mol. The van der Waals surface area contributed by atoms with Crippen LogP contribution in [0, 0.1) is 0 Å². The largest absolute Gasteiger partial charge is 0.416 e. The van der Waals surface area contributed by atoms with E-state index in [4.69, 9.17) is 4.84 Å².